The fourth-order valence-corrected chi connectivity index (χ4v) is 0.765. The molecule has 0 bridgehead atoms. The first kappa shape index (κ1) is 8.27. The van der Waals surface area contributed by atoms with Gasteiger partial charge in [-0.1, -0.05) is 0 Å². The van der Waals surface area contributed by atoms with Gasteiger partial charge >= 0.3 is 5.97 Å². The van der Waals surface area contributed by atoms with Crippen LogP contribution in [0.15, 0.2) is 12.3 Å². The molecule has 5 nitrogen and oxygen atoms in total. The van der Waals surface area contributed by atoms with Crippen molar-refractivity contribution in [1.82, 2.24) is 9.78 Å². The minimum atomic E-state index is -1.05. The molecule has 0 spiro atoms. The second kappa shape index (κ2) is 3.53. The number of aromatic carboxylic acids is 1. The molecule has 1 heterocycles. The maximum atomic E-state index is 10.3. The predicted octanol–water partition coefficient (Wildman–Crippen LogP) is 0.495. The summed E-state index contributed by atoms with van der Waals surface area (Å²) in [7, 11) is 0. The molecule has 12 heavy (non-hydrogen) atoms. The summed E-state index contributed by atoms with van der Waals surface area (Å²) in [5, 5.41) is 20.4. The van der Waals surface area contributed by atoms with Crippen molar-refractivity contribution in [3.05, 3.63) is 18.0 Å². The molecule has 0 fully saturated rings. The highest BCUT2D eigenvalue weighted by atomic mass is 16.4. The normalized spacial score (nSPS) is 9.25. The van der Waals surface area contributed by atoms with E-state index in [-0.39, 0.29) is 5.69 Å². The number of nitriles is 1. The zero-order valence-electron chi connectivity index (χ0n) is 6.27. The van der Waals surface area contributed by atoms with Crippen LogP contribution >= 0.6 is 0 Å². The largest absolute Gasteiger partial charge is 0.476 e. The molecule has 0 amide bonds. The van der Waals surface area contributed by atoms with Gasteiger partial charge in [0, 0.05) is 6.20 Å². The van der Waals surface area contributed by atoms with Gasteiger partial charge in [-0.3, -0.25) is 4.68 Å². The van der Waals surface area contributed by atoms with Crippen LogP contribution in [0.4, 0.5) is 0 Å². The Bertz CT molecular complexity index is 324. The second-order valence-electron chi connectivity index (χ2n) is 2.18. The van der Waals surface area contributed by atoms with E-state index in [9.17, 15) is 4.79 Å². The zero-order chi connectivity index (χ0) is 8.97. The Kier molecular flexibility index (Phi) is 2.43. The molecule has 1 aromatic rings. The van der Waals surface area contributed by atoms with E-state index in [4.69, 9.17) is 10.4 Å². The third-order valence-electron chi connectivity index (χ3n) is 1.31. The Morgan fingerprint density at radius 2 is 2.58 bits per heavy atom. The number of carboxylic acids is 1. The highest BCUT2D eigenvalue weighted by Crippen LogP contribution is 1.95. The Morgan fingerprint density at radius 3 is 3.08 bits per heavy atom. The van der Waals surface area contributed by atoms with Crippen LogP contribution in [0.5, 0.6) is 0 Å². The van der Waals surface area contributed by atoms with Crippen molar-refractivity contribution in [2.45, 2.75) is 13.0 Å². The van der Waals surface area contributed by atoms with Gasteiger partial charge in [0.2, 0.25) is 0 Å². The van der Waals surface area contributed by atoms with Crippen molar-refractivity contribution in [2.75, 3.05) is 0 Å². The van der Waals surface area contributed by atoms with E-state index in [0.717, 1.165) is 0 Å². The Hall–Kier alpha value is -1.83. The van der Waals surface area contributed by atoms with Crippen LogP contribution in [-0.2, 0) is 6.54 Å². The summed E-state index contributed by atoms with van der Waals surface area (Å²) in [6.07, 6.45) is 1.88. The van der Waals surface area contributed by atoms with E-state index in [1.54, 1.807) is 6.20 Å². The van der Waals surface area contributed by atoms with E-state index in [0.29, 0.717) is 13.0 Å². The van der Waals surface area contributed by atoms with Crippen molar-refractivity contribution in [3.8, 4) is 6.07 Å². The van der Waals surface area contributed by atoms with Gasteiger partial charge in [0.25, 0.3) is 0 Å². The van der Waals surface area contributed by atoms with Crippen LogP contribution in [0, 0.1) is 11.3 Å². The van der Waals surface area contributed by atoms with E-state index in [1.807, 2.05) is 6.07 Å². The minimum absolute atomic E-state index is 0.00735. The Morgan fingerprint density at radius 1 is 1.83 bits per heavy atom. The number of carbonyl (C=O) groups is 1. The lowest BCUT2D eigenvalue weighted by atomic mass is 10.4. The van der Waals surface area contributed by atoms with Crippen molar-refractivity contribution in [3.63, 3.8) is 0 Å². The molecule has 0 saturated heterocycles. The average Bonchev–Trinajstić information content (AvgIpc) is 2.48. The fourth-order valence-electron chi connectivity index (χ4n) is 0.765. The van der Waals surface area contributed by atoms with Crippen LogP contribution in [-0.4, -0.2) is 20.9 Å². The van der Waals surface area contributed by atoms with Gasteiger partial charge in [0.05, 0.1) is 19.0 Å². The van der Waals surface area contributed by atoms with Crippen molar-refractivity contribution >= 4 is 5.97 Å². The SMILES string of the molecule is N#CCCn1ccc(C(=O)O)n1. The third kappa shape index (κ3) is 1.83. The zero-order valence-corrected chi connectivity index (χ0v) is 6.27. The summed E-state index contributed by atoms with van der Waals surface area (Å²) < 4.78 is 1.44. The summed E-state index contributed by atoms with van der Waals surface area (Å²) in [6, 6.07) is 3.35. The van der Waals surface area contributed by atoms with Crippen LogP contribution in [0.2, 0.25) is 0 Å². The molecule has 0 aliphatic rings. The first-order valence-corrected chi connectivity index (χ1v) is 3.37. The quantitative estimate of drug-likeness (QED) is 0.707. The van der Waals surface area contributed by atoms with Gasteiger partial charge < -0.3 is 5.11 Å². The molecule has 0 unspecified atom stereocenters. The topological polar surface area (TPSA) is 78.9 Å². The molecule has 1 rings (SSSR count). The monoisotopic (exact) mass is 165 g/mol. The van der Waals surface area contributed by atoms with Crippen molar-refractivity contribution in [2.24, 2.45) is 0 Å². The van der Waals surface area contributed by atoms with Gasteiger partial charge in [0.15, 0.2) is 5.69 Å². The highest BCUT2D eigenvalue weighted by molar-refractivity contribution is 5.84. The molecule has 0 aromatic carbocycles. The van der Waals surface area contributed by atoms with E-state index in [2.05, 4.69) is 5.10 Å². The summed E-state index contributed by atoms with van der Waals surface area (Å²) in [4.78, 5) is 10.3. The lowest BCUT2D eigenvalue weighted by Gasteiger charge is -1.92. The van der Waals surface area contributed by atoms with Gasteiger partial charge in [0.1, 0.15) is 0 Å². The maximum absolute atomic E-state index is 10.3. The number of nitrogens with zero attached hydrogens (tertiary/aromatic N) is 3. The molecule has 0 atom stereocenters. The molecule has 62 valence electrons. The molecule has 0 aliphatic heterocycles. The third-order valence-corrected chi connectivity index (χ3v) is 1.31. The van der Waals surface area contributed by atoms with Crippen molar-refractivity contribution < 1.29 is 9.90 Å². The van der Waals surface area contributed by atoms with Crippen LogP contribution in [0.1, 0.15) is 16.9 Å². The highest BCUT2D eigenvalue weighted by Gasteiger charge is 2.05. The average molecular weight is 165 g/mol. The molecule has 1 N–H and O–H groups in total. The Labute approximate surface area is 68.8 Å². The van der Waals surface area contributed by atoms with E-state index in [1.165, 1.54) is 10.7 Å². The molecule has 0 aliphatic carbocycles. The van der Waals surface area contributed by atoms with Gasteiger partial charge in [-0.2, -0.15) is 10.4 Å². The number of rotatable bonds is 3. The van der Waals surface area contributed by atoms with Crippen molar-refractivity contribution in [1.29, 1.82) is 5.26 Å². The van der Waals surface area contributed by atoms with Gasteiger partial charge in [-0.25, -0.2) is 4.79 Å². The molecule has 0 radical (unpaired) electrons. The van der Waals surface area contributed by atoms with Gasteiger partial charge in [-0.15, -0.1) is 0 Å². The number of aromatic nitrogens is 2. The lowest BCUT2D eigenvalue weighted by molar-refractivity contribution is 0.0689. The summed E-state index contributed by atoms with van der Waals surface area (Å²) in [6.45, 7) is 0.434. The molecule has 1 aromatic heterocycles. The summed E-state index contributed by atoms with van der Waals surface area (Å²) >= 11 is 0. The summed E-state index contributed by atoms with van der Waals surface area (Å²) in [5.74, 6) is -1.05. The van der Waals surface area contributed by atoms with Gasteiger partial charge in [-0.05, 0) is 6.07 Å². The predicted molar refractivity (Wildman–Crippen MR) is 39.4 cm³/mol. The van der Waals surface area contributed by atoms with Crippen LogP contribution < -0.4 is 0 Å². The second-order valence-corrected chi connectivity index (χ2v) is 2.18. The van der Waals surface area contributed by atoms with E-state index < -0.39 is 5.97 Å². The number of hydrogen-bond donors (Lipinski definition) is 1. The molecule has 5 heteroatoms. The minimum Gasteiger partial charge on any atom is -0.476 e. The molecule has 0 saturated carbocycles. The lowest BCUT2D eigenvalue weighted by Crippen LogP contribution is -2.02. The maximum Gasteiger partial charge on any atom is 0.356 e. The van der Waals surface area contributed by atoms with Crippen LogP contribution in [0.3, 0.4) is 0 Å². The molecular formula is C7H7N3O2. The molecular weight excluding hydrogens is 158 g/mol. The number of carboxylic acid groups (broad SMARTS) is 1. The van der Waals surface area contributed by atoms with Crippen LogP contribution in [0.25, 0.3) is 0 Å². The number of aryl methyl sites for hydroxylation is 1. The Balaban J connectivity index is 2.66. The summed E-state index contributed by atoms with van der Waals surface area (Å²) in [5.41, 5.74) is 0.00735. The first-order valence-electron chi connectivity index (χ1n) is 3.37. The first-order chi connectivity index (χ1) is 5.74. The smallest absolute Gasteiger partial charge is 0.356 e. The van der Waals surface area contributed by atoms with E-state index >= 15 is 0 Å². The number of hydrogen-bond acceptors (Lipinski definition) is 3. The standard InChI is InChI=1S/C7H7N3O2/c8-3-1-4-10-5-2-6(9-10)7(11)12/h2,5H,1,4H2,(H,11,12). The fraction of sp³-hybridized carbons (Fsp3) is 0.286.